The summed E-state index contributed by atoms with van der Waals surface area (Å²) in [6.07, 6.45) is 0.294. The highest BCUT2D eigenvalue weighted by atomic mass is 16.3. The predicted molar refractivity (Wildman–Crippen MR) is 63.6 cm³/mol. The third-order valence-corrected chi connectivity index (χ3v) is 2.57. The van der Waals surface area contributed by atoms with Gasteiger partial charge in [0.2, 0.25) is 0 Å². The van der Waals surface area contributed by atoms with Crippen LogP contribution in [-0.4, -0.2) is 11.1 Å². The molecule has 0 aliphatic rings. The number of nitrogens with two attached hydrogens (primary N) is 1. The predicted octanol–water partition coefficient (Wildman–Crippen LogP) is 2.40. The summed E-state index contributed by atoms with van der Waals surface area (Å²) in [5.41, 5.74) is 8.05. The fraction of sp³-hybridized carbons (Fsp3) is 0.538. The Morgan fingerprint density at radius 3 is 2.20 bits per heavy atom. The molecule has 0 aliphatic heterocycles. The molecule has 2 unspecified atom stereocenters. The van der Waals surface area contributed by atoms with Crippen LogP contribution in [0.5, 0.6) is 0 Å². The van der Waals surface area contributed by atoms with Gasteiger partial charge in [0, 0.05) is 6.04 Å². The van der Waals surface area contributed by atoms with Crippen molar-refractivity contribution in [2.45, 2.75) is 39.3 Å². The monoisotopic (exact) mass is 207 g/mol. The summed E-state index contributed by atoms with van der Waals surface area (Å²) in [5, 5.41) is 10.0. The van der Waals surface area contributed by atoms with Crippen LogP contribution in [0, 0.1) is 12.8 Å². The van der Waals surface area contributed by atoms with Gasteiger partial charge in [-0.15, -0.1) is 0 Å². The molecule has 84 valence electrons. The Bertz CT molecular complexity index is 292. The lowest BCUT2D eigenvalue weighted by Gasteiger charge is -2.20. The molecule has 15 heavy (non-hydrogen) atoms. The van der Waals surface area contributed by atoms with Gasteiger partial charge in [-0.1, -0.05) is 43.7 Å². The van der Waals surface area contributed by atoms with E-state index < -0.39 is 6.10 Å². The second-order valence-corrected chi connectivity index (χ2v) is 4.65. The molecule has 0 saturated carbocycles. The molecule has 2 atom stereocenters. The van der Waals surface area contributed by atoms with E-state index in [0.717, 1.165) is 12.0 Å². The number of aliphatic hydroxyl groups excluding tert-OH is 1. The molecule has 0 aliphatic carbocycles. The van der Waals surface area contributed by atoms with Gasteiger partial charge in [0.25, 0.3) is 0 Å². The molecule has 0 radical (unpaired) electrons. The van der Waals surface area contributed by atoms with Crippen LogP contribution in [0.2, 0.25) is 0 Å². The lowest BCUT2D eigenvalue weighted by molar-refractivity contribution is 0.136. The Morgan fingerprint density at radius 1 is 1.20 bits per heavy atom. The Kier molecular flexibility index (Phi) is 4.30. The van der Waals surface area contributed by atoms with Crippen molar-refractivity contribution in [2.75, 3.05) is 0 Å². The topological polar surface area (TPSA) is 46.2 Å². The molecule has 1 rings (SSSR count). The van der Waals surface area contributed by atoms with Gasteiger partial charge in [0.15, 0.2) is 0 Å². The SMILES string of the molecule is Cc1ccc(C(O)C(N)CC(C)C)cc1. The van der Waals surface area contributed by atoms with E-state index in [-0.39, 0.29) is 6.04 Å². The van der Waals surface area contributed by atoms with Crippen molar-refractivity contribution in [2.24, 2.45) is 11.7 Å². The van der Waals surface area contributed by atoms with Crippen molar-refractivity contribution in [3.8, 4) is 0 Å². The van der Waals surface area contributed by atoms with E-state index in [1.54, 1.807) is 0 Å². The molecule has 3 N–H and O–H groups in total. The van der Waals surface area contributed by atoms with E-state index in [2.05, 4.69) is 13.8 Å². The molecule has 1 aromatic carbocycles. The van der Waals surface area contributed by atoms with Gasteiger partial charge in [-0.2, -0.15) is 0 Å². The minimum Gasteiger partial charge on any atom is -0.387 e. The first kappa shape index (κ1) is 12.2. The molecule has 0 amide bonds. The first-order valence-corrected chi connectivity index (χ1v) is 5.51. The summed E-state index contributed by atoms with van der Waals surface area (Å²) >= 11 is 0. The van der Waals surface area contributed by atoms with E-state index in [0.29, 0.717) is 5.92 Å². The van der Waals surface area contributed by atoms with Gasteiger partial charge in [-0.25, -0.2) is 0 Å². The fourth-order valence-corrected chi connectivity index (χ4v) is 1.68. The fourth-order valence-electron chi connectivity index (χ4n) is 1.68. The van der Waals surface area contributed by atoms with Crippen LogP contribution >= 0.6 is 0 Å². The van der Waals surface area contributed by atoms with Crippen molar-refractivity contribution < 1.29 is 5.11 Å². The molecule has 0 spiro atoms. The van der Waals surface area contributed by atoms with E-state index in [4.69, 9.17) is 5.73 Å². The van der Waals surface area contributed by atoms with Crippen LogP contribution in [0.1, 0.15) is 37.5 Å². The molecule has 0 saturated heterocycles. The van der Waals surface area contributed by atoms with Gasteiger partial charge in [0.05, 0.1) is 6.10 Å². The number of aryl methyl sites for hydroxylation is 1. The highest BCUT2D eigenvalue weighted by molar-refractivity contribution is 5.23. The van der Waals surface area contributed by atoms with Crippen molar-refractivity contribution in [3.63, 3.8) is 0 Å². The van der Waals surface area contributed by atoms with Crippen molar-refractivity contribution in [1.82, 2.24) is 0 Å². The summed E-state index contributed by atoms with van der Waals surface area (Å²) in [7, 11) is 0. The highest BCUT2D eigenvalue weighted by Gasteiger charge is 2.17. The molecular formula is C13H21NO. The van der Waals surface area contributed by atoms with Gasteiger partial charge >= 0.3 is 0 Å². The molecule has 2 heteroatoms. The minimum atomic E-state index is -0.548. The second kappa shape index (κ2) is 5.29. The van der Waals surface area contributed by atoms with Crippen molar-refractivity contribution in [1.29, 1.82) is 0 Å². The Morgan fingerprint density at radius 2 is 1.73 bits per heavy atom. The number of hydrogen-bond donors (Lipinski definition) is 2. The lowest BCUT2D eigenvalue weighted by atomic mass is 9.95. The van der Waals surface area contributed by atoms with E-state index in [1.807, 2.05) is 31.2 Å². The smallest absolute Gasteiger partial charge is 0.0940 e. The zero-order chi connectivity index (χ0) is 11.4. The van der Waals surface area contributed by atoms with Crippen LogP contribution in [0.3, 0.4) is 0 Å². The average molecular weight is 207 g/mol. The zero-order valence-corrected chi connectivity index (χ0v) is 9.77. The van der Waals surface area contributed by atoms with Gasteiger partial charge in [-0.3, -0.25) is 0 Å². The summed E-state index contributed by atoms with van der Waals surface area (Å²) in [6.45, 7) is 6.26. The van der Waals surface area contributed by atoms with Crippen molar-refractivity contribution in [3.05, 3.63) is 35.4 Å². The normalized spacial score (nSPS) is 15.3. The van der Waals surface area contributed by atoms with Crippen LogP contribution in [0.4, 0.5) is 0 Å². The maximum atomic E-state index is 10.0. The summed E-state index contributed by atoms with van der Waals surface area (Å²) in [6, 6.07) is 7.72. The van der Waals surface area contributed by atoms with Crippen molar-refractivity contribution >= 4 is 0 Å². The maximum absolute atomic E-state index is 10.0. The van der Waals surface area contributed by atoms with E-state index in [1.165, 1.54) is 5.56 Å². The van der Waals surface area contributed by atoms with Gasteiger partial charge < -0.3 is 10.8 Å². The maximum Gasteiger partial charge on any atom is 0.0940 e. The van der Waals surface area contributed by atoms with Crippen LogP contribution in [0.15, 0.2) is 24.3 Å². The number of aliphatic hydroxyl groups is 1. The second-order valence-electron chi connectivity index (χ2n) is 4.65. The standard InChI is InChI=1S/C13H21NO/c1-9(2)8-12(14)13(15)11-6-4-10(3)5-7-11/h4-7,9,12-13,15H,8,14H2,1-3H3. The lowest BCUT2D eigenvalue weighted by Crippen LogP contribution is -2.29. The Hall–Kier alpha value is -0.860. The summed E-state index contributed by atoms with van der Waals surface area (Å²) in [5.74, 6) is 0.514. The van der Waals surface area contributed by atoms with Gasteiger partial charge in [0.1, 0.15) is 0 Å². The average Bonchev–Trinajstić information content (AvgIpc) is 2.17. The van der Waals surface area contributed by atoms with E-state index >= 15 is 0 Å². The molecular weight excluding hydrogens is 186 g/mol. The number of hydrogen-bond acceptors (Lipinski definition) is 2. The van der Waals surface area contributed by atoms with Crippen LogP contribution < -0.4 is 5.73 Å². The molecule has 0 fully saturated rings. The number of rotatable bonds is 4. The third kappa shape index (κ3) is 3.65. The summed E-state index contributed by atoms with van der Waals surface area (Å²) in [4.78, 5) is 0. The highest BCUT2D eigenvalue weighted by Crippen LogP contribution is 2.20. The van der Waals surface area contributed by atoms with Crippen LogP contribution in [0.25, 0.3) is 0 Å². The van der Waals surface area contributed by atoms with Crippen LogP contribution in [-0.2, 0) is 0 Å². The first-order chi connectivity index (χ1) is 7.00. The molecule has 2 nitrogen and oxygen atoms in total. The van der Waals surface area contributed by atoms with E-state index in [9.17, 15) is 5.11 Å². The summed E-state index contributed by atoms with van der Waals surface area (Å²) < 4.78 is 0. The largest absolute Gasteiger partial charge is 0.387 e. The number of benzene rings is 1. The molecule has 0 heterocycles. The third-order valence-electron chi connectivity index (χ3n) is 2.57. The van der Waals surface area contributed by atoms with Gasteiger partial charge in [-0.05, 0) is 24.8 Å². The zero-order valence-electron chi connectivity index (χ0n) is 9.77. The molecule has 0 aromatic heterocycles. The minimum absolute atomic E-state index is 0.173. The Balaban J connectivity index is 2.67. The quantitative estimate of drug-likeness (QED) is 0.796. The molecule has 1 aromatic rings. The Labute approximate surface area is 92.1 Å². The molecule has 0 bridgehead atoms. The first-order valence-electron chi connectivity index (χ1n) is 5.51.